The Morgan fingerprint density at radius 2 is 1.81 bits per heavy atom. The molecule has 1 saturated carbocycles. The number of rotatable bonds is 4. The van der Waals surface area contributed by atoms with Gasteiger partial charge in [-0.1, -0.05) is 31.4 Å². The fourth-order valence-corrected chi connectivity index (χ4v) is 4.59. The quantitative estimate of drug-likeness (QED) is 0.926. The van der Waals surface area contributed by atoms with Crippen molar-refractivity contribution in [1.82, 2.24) is 4.98 Å². The van der Waals surface area contributed by atoms with Gasteiger partial charge in [0.1, 0.15) is 0 Å². The molecule has 6 heteroatoms. The van der Waals surface area contributed by atoms with Gasteiger partial charge < -0.3 is 0 Å². The number of aromatic nitrogens is 1. The summed E-state index contributed by atoms with van der Waals surface area (Å²) in [5.74, 6) is 0.586. The van der Waals surface area contributed by atoms with E-state index in [4.69, 9.17) is 0 Å². The average Bonchev–Trinajstić information content (AvgIpc) is 3.00. The van der Waals surface area contributed by atoms with Crippen LogP contribution in [0.1, 0.15) is 43.6 Å². The number of nitrogens with one attached hydrogen (secondary N) is 1. The van der Waals surface area contributed by atoms with Gasteiger partial charge in [-0.15, -0.1) is 11.3 Å². The lowest BCUT2D eigenvalue weighted by Gasteiger charge is -2.22. The van der Waals surface area contributed by atoms with Crippen molar-refractivity contribution in [2.75, 3.05) is 4.72 Å². The minimum atomic E-state index is -3.53. The first-order valence-corrected chi connectivity index (χ1v) is 9.54. The largest absolute Gasteiger partial charge is 0.263 e. The minimum absolute atomic E-state index is 0.289. The van der Waals surface area contributed by atoms with Crippen molar-refractivity contribution in [3.63, 3.8) is 0 Å². The van der Waals surface area contributed by atoms with E-state index in [9.17, 15) is 8.42 Å². The number of nitrogens with zero attached hydrogens (tertiary/aromatic N) is 1. The van der Waals surface area contributed by atoms with Gasteiger partial charge in [-0.3, -0.25) is 4.72 Å². The molecular weight excluding hydrogens is 304 g/mol. The second-order valence-corrected chi connectivity index (χ2v) is 7.92. The molecule has 1 fully saturated rings. The number of sulfonamides is 1. The van der Waals surface area contributed by atoms with Gasteiger partial charge in [-0.25, -0.2) is 13.4 Å². The van der Waals surface area contributed by atoms with Crippen molar-refractivity contribution >= 4 is 26.5 Å². The first kappa shape index (κ1) is 14.5. The normalized spacial score (nSPS) is 16.8. The summed E-state index contributed by atoms with van der Waals surface area (Å²) in [5, 5.41) is 2.13. The van der Waals surface area contributed by atoms with Gasteiger partial charge in [0.2, 0.25) is 0 Å². The number of hydrogen-bond donors (Lipinski definition) is 1. The monoisotopic (exact) mass is 322 g/mol. The summed E-state index contributed by atoms with van der Waals surface area (Å²) in [6, 6.07) is 7.29. The van der Waals surface area contributed by atoms with Gasteiger partial charge >= 0.3 is 0 Å². The molecule has 0 radical (unpaired) electrons. The maximum absolute atomic E-state index is 12.2. The summed E-state index contributed by atoms with van der Waals surface area (Å²) in [6.45, 7) is 0. The van der Waals surface area contributed by atoms with Crippen LogP contribution in [0.15, 0.2) is 40.7 Å². The maximum Gasteiger partial charge on any atom is 0.263 e. The number of hydrogen-bond acceptors (Lipinski definition) is 4. The average molecular weight is 322 g/mol. The van der Waals surface area contributed by atoms with Crippen LogP contribution in [0.25, 0.3) is 0 Å². The summed E-state index contributed by atoms with van der Waals surface area (Å²) in [5.41, 5.74) is 1.25. The van der Waals surface area contributed by atoms with Gasteiger partial charge in [0.05, 0.1) is 4.90 Å². The fourth-order valence-electron chi connectivity index (χ4n) is 2.80. The Bertz CT molecular complexity index is 673. The zero-order valence-corrected chi connectivity index (χ0v) is 13.3. The van der Waals surface area contributed by atoms with Crippen LogP contribution < -0.4 is 4.72 Å². The Morgan fingerprint density at radius 3 is 2.43 bits per heavy atom. The van der Waals surface area contributed by atoms with E-state index >= 15 is 0 Å². The van der Waals surface area contributed by atoms with E-state index in [2.05, 4.69) is 9.71 Å². The SMILES string of the molecule is O=S(=O)(Nc1nccs1)c1ccc(C2CCCCC2)cc1. The molecule has 3 rings (SSSR count). The Morgan fingerprint density at radius 1 is 1.10 bits per heavy atom. The lowest BCUT2D eigenvalue weighted by atomic mass is 9.84. The molecule has 1 aliphatic rings. The third kappa shape index (κ3) is 3.44. The van der Waals surface area contributed by atoms with Crippen LogP contribution in [0, 0.1) is 0 Å². The molecule has 0 unspecified atom stereocenters. The van der Waals surface area contributed by atoms with E-state index in [1.807, 2.05) is 12.1 Å². The van der Waals surface area contributed by atoms with Gasteiger partial charge in [0.25, 0.3) is 10.0 Å². The predicted molar refractivity (Wildman–Crippen MR) is 85.2 cm³/mol. The van der Waals surface area contributed by atoms with Crippen LogP contribution in [-0.4, -0.2) is 13.4 Å². The highest BCUT2D eigenvalue weighted by atomic mass is 32.2. The van der Waals surface area contributed by atoms with Gasteiger partial charge in [0, 0.05) is 11.6 Å². The molecule has 21 heavy (non-hydrogen) atoms. The highest BCUT2D eigenvalue weighted by molar-refractivity contribution is 7.93. The summed E-state index contributed by atoms with van der Waals surface area (Å²) in [7, 11) is -3.53. The molecule has 2 aromatic rings. The molecule has 0 atom stereocenters. The third-order valence-corrected chi connectivity index (χ3v) is 6.09. The Balaban J connectivity index is 1.76. The van der Waals surface area contributed by atoms with Crippen LogP contribution in [0.3, 0.4) is 0 Å². The van der Waals surface area contributed by atoms with Gasteiger partial charge in [-0.2, -0.15) is 0 Å². The lowest BCUT2D eigenvalue weighted by Crippen LogP contribution is -2.13. The standard InChI is InChI=1S/C15H18N2O2S2/c18-21(19,17-15-16-10-11-20-15)14-8-6-13(7-9-14)12-4-2-1-3-5-12/h6-12H,1-5H2,(H,16,17). The molecule has 0 bridgehead atoms. The molecule has 0 spiro atoms. The molecular formula is C15H18N2O2S2. The summed E-state index contributed by atoms with van der Waals surface area (Å²) < 4.78 is 27.0. The van der Waals surface area contributed by atoms with E-state index in [1.54, 1.807) is 23.7 Å². The van der Waals surface area contributed by atoms with E-state index in [1.165, 1.54) is 49.0 Å². The van der Waals surface area contributed by atoms with Gasteiger partial charge in [0.15, 0.2) is 5.13 Å². The van der Waals surface area contributed by atoms with Crippen LogP contribution in [0.5, 0.6) is 0 Å². The zero-order chi connectivity index (χ0) is 14.7. The Hall–Kier alpha value is -1.40. The molecule has 1 aliphatic carbocycles. The van der Waals surface area contributed by atoms with E-state index in [-0.39, 0.29) is 4.90 Å². The molecule has 1 heterocycles. The van der Waals surface area contributed by atoms with Gasteiger partial charge in [-0.05, 0) is 36.5 Å². The summed E-state index contributed by atoms with van der Waals surface area (Å²) in [6.07, 6.45) is 7.87. The number of anilines is 1. The molecule has 1 aromatic heterocycles. The second-order valence-electron chi connectivity index (χ2n) is 5.35. The zero-order valence-electron chi connectivity index (χ0n) is 11.7. The highest BCUT2D eigenvalue weighted by Crippen LogP contribution is 2.33. The van der Waals surface area contributed by atoms with Crippen LogP contribution in [0.4, 0.5) is 5.13 Å². The second kappa shape index (κ2) is 6.15. The number of benzene rings is 1. The van der Waals surface area contributed by atoms with Crippen molar-refractivity contribution in [3.05, 3.63) is 41.4 Å². The third-order valence-electron chi connectivity index (χ3n) is 3.92. The van der Waals surface area contributed by atoms with E-state index in [0.29, 0.717) is 11.0 Å². The van der Waals surface area contributed by atoms with Crippen LogP contribution in [0.2, 0.25) is 0 Å². The predicted octanol–water partition coefficient (Wildman–Crippen LogP) is 3.99. The molecule has 112 valence electrons. The van der Waals surface area contributed by atoms with Crippen LogP contribution in [-0.2, 0) is 10.0 Å². The minimum Gasteiger partial charge on any atom is -0.255 e. The van der Waals surface area contributed by atoms with Crippen molar-refractivity contribution in [3.8, 4) is 0 Å². The molecule has 1 aromatic carbocycles. The van der Waals surface area contributed by atoms with E-state index < -0.39 is 10.0 Å². The van der Waals surface area contributed by atoms with Crippen molar-refractivity contribution in [2.45, 2.75) is 42.9 Å². The topological polar surface area (TPSA) is 59.1 Å². The molecule has 0 saturated heterocycles. The highest BCUT2D eigenvalue weighted by Gasteiger charge is 2.18. The Labute approximate surface area is 129 Å². The van der Waals surface area contributed by atoms with E-state index in [0.717, 1.165) is 0 Å². The van der Waals surface area contributed by atoms with Crippen LogP contribution >= 0.6 is 11.3 Å². The van der Waals surface area contributed by atoms with Crippen molar-refractivity contribution < 1.29 is 8.42 Å². The lowest BCUT2D eigenvalue weighted by molar-refractivity contribution is 0.443. The molecule has 0 aliphatic heterocycles. The molecule has 4 nitrogen and oxygen atoms in total. The molecule has 1 N–H and O–H groups in total. The summed E-state index contributed by atoms with van der Waals surface area (Å²) >= 11 is 1.27. The first-order valence-electron chi connectivity index (χ1n) is 7.17. The summed E-state index contributed by atoms with van der Waals surface area (Å²) in [4.78, 5) is 4.24. The van der Waals surface area contributed by atoms with Crippen molar-refractivity contribution in [1.29, 1.82) is 0 Å². The maximum atomic E-state index is 12.2. The van der Waals surface area contributed by atoms with Crippen molar-refractivity contribution in [2.24, 2.45) is 0 Å². The fraction of sp³-hybridized carbons (Fsp3) is 0.400. The number of thiazole rings is 1. The first-order chi connectivity index (χ1) is 10.1. The molecule has 0 amide bonds. The Kier molecular flexibility index (Phi) is 4.26. The smallest absolute Gasteiger partial charge is 0.255 e.